The van der Waals surface area contributed by atoms with Gasteiger partial charge in [0.2, 0.25) is 5.13 Å². The predicted octanol–water partition coefficient (Wildman–Crippen LogP) is 0.716. The average Bonchev–Trinajstić information content (AvgIpc) is 2.47. The molecule has 0 radical (unpaired) electrons. The quantitative estimate of drug-likeness (QED) is 0.786. The van der Waals surface area contributed by atoms with E-state index < -0.39 is 9.84 Å². The molecule has 0 aliphatic carbocycles. The molecule has 1 unspecified atom stereocenters. The normalized spacial score (nSPS) is 13.9. The number of nitrogens with zero attached hydrogens (tertiary/aromatic N) is 3. The number of aromatic nitrogens is 2. The van der Waals surface area contributed by atoms with Crippen LogP contribution in [0.4, 0.5) is 5.13 Å². The minimum atomic E-state index is -2.95. The molecule has 86 valence electrons. The van der Waals surface area contributed by atoms with Crippen LogP contribution in [0, 0.1) is 6.92 Å². The van der Waals surface area contributed by atoms with E-state index >= 15 is 0 Å². The van der Waals surface area contributed by atoms with E-state index in [4.69, 9.17) is 0 Å². The first-order chi connectivity index (χ1) is 6.79. The molecule has 0 saturated heterocycles. The third kappa shape index (κ3) is 3.75. The summed E-state index contributed by atoms with van der Waals surface area (Å²) in [7, 11) is -1.13. The van der Waals surface area contributed by atoms with Crippen LogP contribution in [0.3, 0.4) is 0 Å². The summed E-state index contributed by atoms with van der Waals surface area (Å²) in [4.78, 5) is 6.04. The van der Waals surface area contributed by atoms with E-state index in [9.17, 15) is 8.42 Å². The number of hydrogen-bond acceptors (Lipinski definition) is 6. The highest BCUT2D eigenvalue weighted by molar-refractivity contribution is 7.90. The zero-order valence-electron chi connectivity index (χ0n) is 9.26. The molecule has 0 aliphatic heterocycles. The summed E-state index contributed by atoms with van der Waals surface area (Å²) < 4.78 is 26.3. The lowest BCUT2D eigenvalue weighted by molar-refractivity contribution is 0.593. The number of hydrogen-bond donors (Lipinski definition) is 0. The Hall–Kier alpha value is -0.690. The molecule has 1 heterocycles. The summed E-state index contributed by atoms with van der Waals surface area (Å²) in [5.74, 6) is 0.843. The maximum absolute atomic E-state index is 11.1. The van der Waals surface area contributed by atoms with Gasteiger partial charge in [0.15, 0.2) is 0 Å². The summed E-state index contributed by atoms with van der Waals surface area (Å²) >= 11 is 1.28. The van der Waals surface area contributed by atoms with E-state index in [1.807, 2.05) is 25.8 Å². The Morgan fingerprint density at radius 2 is 2.13 bits per heavy atom. The molecular weight excluding hydrogens is 234 g/mol. The molecule has 1 aromatic rings. The largest absolute Gasteiger partial charge is 0.346 e. The van der Waals surface area contributed by atoms with E-state index in [2.05, 4.69) is 9.36 Å². The smallest absolute Gasteiger partial charge is 0.205 e. The van der Waals surface area contributed by atoms with Crippen molar-refractivity contribution in [1.82, 2.24) is 9.36 Å². The SMILES string of the molecule is Cc1nsc(N(C)C(C)CS(C)(=O)=O)n1. The number of anilines is 1. The fraction of sp³-hybridized carbons (Fsp3) is 0.750. The molecule has 15 heavy (non-hydrogen) atoms. The Kier molecular flexibility index (Phi) is 3.67. The van der Waals surface area contributed by atoms with E-state index in [1.54, 1.807) is 0 Å². The van der Waals surface area contributed by atoms with Crippen molar-refractivity contribution in [3.63, 3.8) is 0 Å². The van der Waals surface area contributed by atoms with Crippen molar-refractivity contribution in [2.45, 2.75) is 19.9 Å². The van der Waals surface area contributed by atoms with Crippen LogP contribution in [0.1, 0.15) is 12.7 Å². The van der Waals surface area contributed by atoms with Crippen LogP contribution in [0.5, 0.6) is 0 Å². The molecule has 0 N–H and O–H groups in total. The van der Waals surface area contributed by atoms with Gasteiger partial charge in [0.1, 0.15) is 15.7 Å². The Morgan fingerprint density at radius 1 is 1.53 bits per heavy atom. The molecule has 0 aliphatic rings. The third-order valence-corrected chi connectivity index (χ3v) is 4.01. The highest BCUT2D eigenvalue weighted by atomic mass is 32.2. The molecule has 0 bridgehead atoms. The highest BCUT2D eigenvalue weighted by Crippen LogP contribution is 2.17. The van der Waals surface area contributed by atoms with Crippen molar-refractivity contribution >= 4 is 26.5 Å². The lowest BCUT2D eigenvalue weighted by Crippen LogP contribution is -2.34. The molecule has 1 rings (SSSR count). The summed E-state index contributed by atoms with van der Waals surface area (Å²) in [6.45, 7) is 3.67. The summed E-state index contributed by atoms with van der Waals surface area (Å²) in [6.07, 6.45) is 1.24. The van der Waals surface area contributed by atoms with Crippen LogP contribution in [-0.2, 0) is 9.84 Å². The predicted molar refractivity (Wildman–Crippen MR) is 62.2 cm³/mol. The van der Waals surface area contributed by atoms with E-state index in [1.165, 1.54) is 17.8 Å². The first kappa shape index (κ1) is 12.4. The summed E-state index contributed by atoms with van der Waals surface area (Å²) in [5, 5.41) is 0.753. The van der Waals surface area contributed by atoms with Crippen LogP contribution in [0.25, 0.3) is 0 Å². The van der Waals surface area contributed by atoms with Gasteiger partial charge in [-0.1, -0.05) is 0 Å². The van der Waals surface area contributed by atoms with Gasteiger partial charge in [0.25, 0.3) is 0 Å². The molecule has 0 fully saturated rings. The third-order valence-electron chi connectivity index (χ3n) is 2.02. The average molecular weight is 249 g/mol. The van der Waals surface area contributed by atoms with Gasteiger partial charge in [-0.25, -0.2) is 13.4 Å². The van der Waals surface area contributed by atoms with Crippen LogP contribution in [-0.4, -0.2) is 42.9 Å². The van der Waals surface area contributed by atoms with Crippen molar-refractivity contribution in [3.05, 3.63) is 5.82 Å². The molecule has 5 nitrogen and oxygen atoms in total. The van der Waals surface area contributed by atoms with E-state index in [0.29, 0.717) is 5.82 Å². The second kappa shape index (κ2) is 4.44. The second-order valence-electron chi connectivity index (χ2n) is 3.68. The zero-order valence-corrected chi connectivity index (χ0v) is 10.9. The minimum Gasteiger partial charge on any atom is -0.346 e. The maximum Gasteiger partial charge on any atom is 0.205 e. The second-order valence-corrected chi connectivity index (χ2v) is 6.59. The standard InChI is InChI=1S/C8H15N3O2S2/c1-6(5-15(4,12)13)11(3)8-9-7(2)10-14-8/h6H,5H2,1-4H3. The fourth-order valence-electron chi connectivity index (χ4n) is 1.17. The van der Waals surface area contributed by atoms with Crippen molar-refractivity contribution < 1.29 is 8.42 Å². The molecule has 0 spiro atoms. The van der Waals surface area contributed by atoms with Crippen LogP contribution in [0.2, 0.25) is 0 Å². The van der Waals surface area contributed by atoms with Crippen LogP contribution in [0.15, 0.2) is 0 Å². The van der Waals surface area contributed by atoms with Crippen LogP contribution < -0.4 is 4.90 Å². The maximum atomic E-state index is 11.1. The zero-order chi connectivity index (χ0) is 11.6. The molecule has 1 aromatic heterocycles. The van der Waals surface area contributed by atoms with Crippen molar-refractivity contribution in [3.8, 4) is 0 Å². The van der Waals surface area contributed by atoms with Gasteiger partial charge in [-0.2, -0.15) is 4.37 Å². The Labute approximate surface area is 94.2 Å². The van der Waals surface area contributed by atoms with Gasteiger partial charge in [0.05, 0.1) is 5.75 Å². The fourth-order valence-corrected chi connectivity index (χ4v) is 3.00. The van der Waals surface area contributed by atoms with Gasteiger partial charge in [-0.15, -0.1) is 0 Å². The molecule has 0 saturated carbocycles. The first-order valence-corrected chi connectivity index (χ1v) is 7.34. The molecule has 7 heteroatoms. The topological polar surface area (TPSA) is 63.2 Å². The lowest BCUT2D eigenvalue weighted by Gasteiger charge is -2.22. The van der Waals surface area contributed by atoms with E-state index in [0.717, 1.165) is 5.13 Å². The Balaban J connectivity index is 2.73. The first-order valence-electron chi connectivity index (χ1n) is 4.50. The number of rotatable bonds is 4. The van der Waals surface area contributed by atoms with Crippen molar-refractivity contribution in [1.29, 1.82) is 0 Å². The lowest BCUT2D eigenvalue weighted by atomic mass is 10.4. The number of sulfone groups is 1. The van der Waals surface area contributed by atoms with Crippen molar-refractivity contribution in [2.24, 2.45) is 0 Å². The highest BCUT2D eigenvalue weighted by Gasteiger charge is 2.17. The summed E-state index contributed by atoms with van der Waals surface area (Å²) in [6, 6.07) is -0.0904. The molecule has 1 atom stereocenters. The van der Waals surface area contributed by atoms with E-state index in [-0.39, 0.29) is 11.8 Å². The molecule has 0 aromatic carbocycles. The minimum absolute atomic E-state index is 0.0904. The van der Waals surface area contributed by atoms with Gasteiger partial charge < -0.3 is 4.90 Å². The van der Waals surface area contributed by atoms with Gasteiger partial charge in [-0.3, -0.25) is 0 Å². The Bertz CT molecular complexity index is 427. The Morgan fingerprint density at radius 3 is 2.53 bits per heavy atom. The number of aryl methyl sites for hydroxylation is 1. The van der Waals surface area contributed by atoms with Gasteiger partial charge in [0, 0.05) is 30.9 Å². The van der Waals surface area contributed by atoms with Gasteiger partial charge >= 0.3 is 0 Å². The van der Waals surface area contributed by atoms with Crippen molar-refractivity contribution in [2.75, 3.05) is 24.0 Å². The monoisotopic (exact) mass is 249 g/mol. The van der Waals surface area contributed by atoms with Gasteiger partial charge in [-0.05, 0) is 13.8 Å². The molecular formula is C8H15N3O2S2. The van der Waals surface area contributed by atoms with Crippen LogP contribution >= 0.6 is 11.5 Å². The summed E-state index contributed by atoms with van der Waals surface area (Å²) in [5.41, 5.74) is 0. The molecule has 0 amide bonds.